The number of sulfone groups is 1. The maximum absolute atomic E-state index is 11.6. The Labute approximate surface area is 122 Å². The lowest BCUT2D eigenvalue weighted by molar-refractivity contribution is 0.486. The van der Waals surface area contributed by atoms with Gasteiger partial charge in [0.15, 0.2) is 9.84 Å². The van der Waals surface area contributed by atoms with Gasteiger partial charge < -0.3 is 0 Å². The minimum absolute atomic E-state index is 0.0780. The Morgan fingerprint density at radius 2 is 2.05 bits per heavy atom. The van der Waals surface area contributed by atoms with Crippen LogP contribution in [-0.4, -0.2) is 50.8 Å². The zero-order valence-corrected chi connectivity index (χ0v) is 12.7. The van der Waals surface area contributed by atoms with E-state index in [9.17, 15) is 8.42 Å². The third-order valence-corrected chi connectivity index (χ3v) is 5.41. The minimum atomic E-state index is -2.93. The molecular formula is C12H16N6O2S. The second-order valence-corrected chi connectivity index (χ2v) is 7.40. The highest BCUT2D eigenvalue weighted by molar-refractivity contribution is 7.91. The number of aryl methyl sites for hydroxylation is 1. The van der Waals surface area contributed by atoms with Gasteiger partial charge in [-0.1, -0.05) is 0 Å². The molecule has 9 heteroatoms. The van der Waals surface area contributed by atoms with Crippen molar-refractivity contribution in [1.82, 2.24) is 24.7 Å². The molecule has 2 aromatic rings. The summed E-state index contributed by atoms with van der Waals surface area (Å²) in [7, 11) is -2.93. The fourth-order valence-corrected chi connectivity index (χ4v) is 4.26. The zero-order chi connectivity index (χ0) is 15.0. The maximum Gasteiger partial charge on any atom is 0.152 e. The molecule has 3 rings (SSSR count). The predicted molar refractivity (Wildman–Crippen MR) is 77.0 cm³/mol. The lowest BCUT2D eigenvalue weighted by Crippen LogP contribution is -2.14. The van der Waals surface area contributed by atoms with E-state index in [4.69, 9.17) is 0 Å². The van der Waals surface area contributed by atoms with E-state index in [1.165, 1.54) is 17.3 Å². The molecule has 0 bridgehead atoms. The first-order valence-corrected chi connectivity index (χ1v) is 8.43. The van der Waals surface area contributed by atoms with E-state index in [1.807, 2.05) is 18.5 Å². The van der Waals surface area contributed by atoms with Crippen molar-refractivity contribution in [3.8, 4) is 0 Å². The van der Waals surface area contributed by atoms with Crippen LogP contribution in [0.1, 0.15) is 29.4 Å². The topological polar surface area (TPSA) is 95.0 Å². The lowest BCUT2D eigenvalue weighted by atomic mass is 10.2. The molecule has 0 N–H and O–H groups in total. The molecule has 0 aromatic carbocycles. The highest BCUT2D eigenvalue weighted by atomic mass is 32.2. The molecule has 0 spiro atoms. The van der Waals surface area contributed by atoms with Gasteiger partial charge in [0.05, 0.1) is 29.5 Å². The fourth-order valence-electron chi connectivity index (χ4n) is 2.57. The summed E-state index contributed by atoms with van der Waals surface area (Å²) < 4.78 is 26.5. The van der Waals surface area contributed by atoms with Crippen LogP contribution in [0, 0.1) is 13.8 Å². The summed E-state index contributed by atoms with van der Waals surface area (Å²) in [5, 5.41) is 16.1. The smallest absolute Gasteiger partial charge is 0.152 e. The van der Waals surface area contributed by atoms with Crippen LogP contribution in [0.25, 0.3) is 0 Å². The number of rotatable bonds is 3. The molecule has 0 amide bonds. The molecule has 0 unspecified atom stereocenters. The Hall–Kier alpha value is -2.03. The molecule has 0 aliphatic carbocycles. The van der Waals surface area contributed by atoms with Gasteiger partial charge in [0.2, 0.25) is 0 Å². The Morgan fingerprint density at radius 1 is 1.33 bits per heavy atom. The van der Waals surface area contributed by atoms with Crippen LogP contribution in [-0.2, 0) is 9.84 Å². The average molecular weight is 308 g/mol. The van der Waals surface area contributed by atoms with E-state index in [0.717, 1.165) is 17.0 Å². The third kappa shape index (κ3) is 2.73. The van der Waals surface area contributed by atoms with Crippen LogP contribution in [0.3, 0.4) is 0 Å². The highest BCUT2D eigenvalue weighted by Gasteiger charge is 2.31. The second kappa shape index (κ2) is 5.06. The summed E-state index contributed by atoms with van der Waals surface area (Å²) >= 11 is 0. The normalized spacial score (nSPS) is 21.3. The number of hydrogen-bond acceptors (Lipinski definition) is 6. The van der Waals surface area contributed by atoms with Gasteiger partial charge in [0.1, 0.15) is 12.7 Å². The molecule has 1 aliphatic heterocycles. The van der Waals surface area contributed by atoms with Gasteiger partial charge in [-0.05, 0) is 20.3 Å². The molecule has 8 nitrogen and oxygen atoms in total. The number of nitrogens with zero attached hydrogens (tertiary/aromatic N) is 6. The second-order valence-electron chi connectivity index (χ2n) is 5.17. The molecule has 0 saturated carbocycles. The molecule has 1 saturated heterocycles. The van der Waals surface area contributed by atoms with Crippen LogP contribution < -0.4 is 0 Å². The van der Waals surface area contributed by atoms with Crippen molar-refractivity contribution < 1.29 is 8.42 Å². The van der Waals surface area contributed by atoms with Gasteiger partial charge in [-0.3, -0.25) is 4.68 Å². The summed E-state index contributed by atoms with van der Waals surface area (Å²) in [5.41, 5.74) is 2.65. The molecule has 3 heterocycles. The molecule has 2 aromatic heterocycles. The van der Waals surface area contributed by atoms with Gasteiger partial charge in [-0.25, -0.2) is 13.1 Å². The molecule has 1 fully saturated rings. The fraction of sp³-hybridized carbons (Fsp3) is 0.500. The van der Waals surface area contributed by atoms with Gasteiger partial charge in [-0.15, -0.1) is 10.2 Å². The van der Waals surface area contributed by atoms with Crippen LogP contribution in [0.4, 0.5) is 0 Å². The van der Waals surface area contributed by atoms with Crippen LogP contribution >= 0.6 is 0 Å². The van der Waals surface area contributed by atoms with Gasteiger partial charge in [0.25, 0.3) is 0 Å². The molecule has 1 aliphatic rings. The largest absolute Gasteiger partial charge is 0.265 e. The predicted octanol–water partition coefficient (Wildman–Crippen LogP) is 0.333. The average Bonchev–Trinajstić information content (AvgIpc) is 3.10. The van der Waals surface area contributed by atoms with E-state index in [2.05, 4.69) is 20.4 Å². The van der Waals surface area contributed by atoms with Crippen molar-refractivity contribution in [1.29, 1.82) is 0 Å². The Kier molecular flexibility index (Phi) is 3.36. The van der Waals surface area contributed by atoms with Crippen LogP contribution in [0.15, 0.2) is 17.8 Å². The van der Waals surface area contributed by atoms with Crippen molar-refractivity contribution in [2.24, 2.45) is 5.10 Å². The van der Waals surface area contributed by atoms with Crippen molar-refractivity contribution in [3.63, 3.8) is 0 Å². The third-order valence-electron chi connectivity index (χ3n) is 3.66. The first-order chi connectivity index (χ1) is 9.96. The Morgan fingerprint density at radius 3 is 2.67 bits per heavy atom. The summed E-state index contributed by atoms with van der Waals surface area (Å²) in [6.45, 7) is 3.82. The zero-order valence-electron chi connectivity index (χ0n) is 11.8. The summed E-state index contributed by atoms with van der Waals surface area (Å²) in [5.74, 6) is 0.400. The van der Waals surface area contributed by atoms with Crippen LogP contribution in [0.2, 0.25) is 0 Å². The maximum atomic E-state index is 11.6. The lowest BCUT2D eigenvalue weighted by Gasteiger charge is -2.10. The van der Waals surface area contributed by atoms with E-state index in [1.54, 1.807) is 6.21 Å². The van der Waals surface area contributed by atoms with E-state index < -0.39 is 9.84 Å². The standard InChI is InChI=1S/C12H16N6O2S/c1-9-12(5-15-17-7-13-14-8-17)10(2)18(16-9)11-3-4-21(19,20)6-11/h5,7-8,11H,3-4,6H2,1-2H3/t11-/m1/s1. The Balaban J connectivity index is 1.90. The van der Waals surface area contributed by atoms with Gasteiger partial charge >= 0.3 is 0 Å². The quantitative estimate of drug-likeness (QED) is 0.762. The first-order valence-electron chi connectivity index (χ1n) is 6.61. The van der Waals surface area contributed by atoms with Crippen molar-refractivity contribution in [2.75, 3.05) is 11.5 Å². The number of aromatic nitrogens is 5. The van der Waals surface area contributed by atoms with Crippen molar-refractivity contribution in [2.45, 2.75) is 26.3 Å². The molecular weight excluding hydrogens is 292 g/mol. The van der Waals surface area contributed by atoms with E-state index in [-0.39, 0.29) is 17.5 Å². The summed E-state index contributed by atoms with van der Waals surface area (Å²) in [4.78, 5) is 0. The number of hydrogen-bond donors (Lipinski definition) is 0. The van der Waals surface area contributed by atoms with Crippen molar-refractivity contribution in [3.05, 3.63) is 29.6 Å². The first kappa shape index (κ1) is 13.9. The van der Waals surface area contributed by atoms with Gasteiger partial charge in [0, 0.05) is 11.3 Å². The van der Waals surface area contributed by atoms with E-state index in [0.29, 0.717) is 6.42 Å². The SMILES string of the molecule is Cc1nn([C@@H]2CCS(=O)(=O)C2)c(C)c1C=Nn1cnnc1. The highest BCUT2D eigenvalue weighted by Crippen LogP contribution is 2.26. The molecule has 112 valence electrons. The molecule has 1 atom stereocenters. The summed E-state index contributed by atoms with van der Waals surface area (Å²) in [6, 6.07) is -0.0780. The minimum Gasteiger partial charge on any atom is -0.265 e. The molecule has 21 heavy (non-hydrogen) atoms. The van der Waals surface area contributed by atoms with Crippen LogP contribution in [0.5, 0.6) is 0 Å². The van der Waals surface area contributed by atoms with Gasteiger partial charge in [-0.2, -0.15) is 10.2 Å². The summed E-state index contributed by atoms with van der Waals surface area (Å²) in [6.07, 6.45) is 5.30. The monoisotopic (exact) mass is 308 g/mol. The van der Waals surface area contributed by atoms with E-state index >= 15 is 0 Å². The van der Waals surface area contributed by atoms with Crippen molar-refractivity contribution >= 4 is 16.1 Å². The molecule has 0 radical (unpaired) electrons. The Bertz CT molecular complexity index is 775.